The molecule has 43 heavy (non-hydrogen) atoms. The molecule has 9 heteroatoms. The van der Waals surface area contributed by atoms with Crippen LogP contribution >= 0.6 is 0 Å². The Morgan fingerprint density at radius 1 is 0.977 bits per heavy atom. The van der Waals surface area contributed by atoms with Crippen LogP contribution in [-0.4, -0.2) is 60.4 Å². The predicted molar refractivity (Wildman–Crippen MR) is 166 cm³/mol. The molecule has 3 aromatic carbocycles. The van der Waals surface area contributed by atoms with Crippen molar-refractivity contribution in [1.29, 1.82) is 0 Å². The third kappa shape index (κ3) is 5.32. The van der Waals surface area contributed by atoms with Crippen molar-refractivity contribution in [2.75, 3.05) is 24.5 Å². The number of aromatic carboxylic acids is 1. The Balaban J connectivity index is 1.15. The van der Waals surface area contributed by atoms with Crippen molar-refractivity contribution in [3.05, 3.63) is 113 Å². The van der Waals surface area contributed by atoms with Gasteiger partial charge in [-0.2, -0.15) is 5.10 Å². The summed E-state index contributed by atoms with van der Waals surface area (Å²) in [5, 5.41) is 22.9. The number of aromatic nitrogens is 5. The lowest BCUT2D eigenvalue weighted by molar-refractivity contribution is 0.0695. The summed E-state index contributed by atoms with van der Waals surface area (Å²) in [6, 6.07) is 25.7. The first-order valence-corrected chi connectivity index (χ1v) is 14.9. The van der Waals surface area contributed by atoms with E-state index in [1.807, 2.05) is 25.4 Å². The fourth-order valence-corrected chi connectivity index (χ4v) is 6.49. The van der Waals surface area contributed by atoms with Gasteiger partial charge in [-0.05, 0) is 59.9 Å². The number of carboxylic acids is 1. The van der Waals surface area contributed by atoms with Gasteiger partial charge in [-0.3, -0.25) is 9.58 Å². The Labute approximate surface area is 251 Å². The van der Waals surface area contributed by atoms with E-state index in [2.05, 4.69) is 92.8 Å². The minimum Gasteiger partial charge on any atom is -0.478 e. The minimum absolute atomic E-state index is 0.0275. The second kappa shape index (κ2) is 11.1. The van der Waals surface area contributed by atoms with E-state index >= 15 is 0 Å². The van der Waals surface area contributed by atoms with Gasteiger partial charge in [0.05, 0.1) is 23.3 Å². The molecule has 1 aliphatic carbocycles. The maximum absolute atomic E-state index is 12.2. The number of hydrogen-bond donors (Lipinski definition) is 1. The molecule has 0 amide bonds. The molecule has 1 aliphatic heterocycles. The molecule has 0 saturated heterocycles. The van der Waals surface area contributed by atoms with Gasteiger partial charge in [0, 0.05) is 63.5 Å². The summed E-state index contributed by atoms with van der Waals surface area (Å²) in [6.45, 7) is 7.04. The van der Waals surface area contributed by atoms with Gasteiger partial charge in [0.2, 0.25) is 0 Å². The van der Waals surface area contributed by atoms with Crippen LogP contribution in [0.3, 0.4) is 0 Å². The smallest absolute Gasteiger partial charge is 0.339 e. The number of fused-ring (bicyclic) bond motifs is 1. The number of hydrogen-bond acceptors (Lipinski definition) is 6. The molecule has 2 aromatic heterocycles. The normalized spacial score (nSPS) is 18.3. The molecule has 218 valence electrons. The van der Waals surface area contributed by atoms with Gasteiger partial charge in [-0.15, -0.1) is 5.10 Å². The van der Waals surface area contributed by atoms with E-state index in [9.17, 15) is 9.90 Å². The molecule has 0 unspecified atom stereocenters. The van der Waals surface area contributed by atoms with Crippen LogP contribution in [0.5, 0.6) is 0 Å². The average molecular weight is 574 g/mol. The van der Waals surface area contributed by atoms with Gasteiger partial charge in [-0.1, -0.05) is 53.7 Å². The predicted octanol–water partition coefficient (Wildman–Crippen LogP) is 5.48. The third-order valence-electron chi connectivity index (χ3n) is 8.73. The van der Waals surface area contributed by atoms with Gasteiger partial charge in [0.25, 0.3) is 0 Å². The molecular weight excluding hydrogens is 538 g/mol. The number of rotatable bonds is 8. The molecule has 0 bridgehead atoms. The zero-order valence-corrected chi connectivity index (χ0v) is 24.5. The number of aryl methyl sites for hydroxylation is 1. The summed E-state index contributed by atoms with van der Waals surface area (Å²) in [7, 11) is 1.84. The Hall–Kier alpha value is -4.76. The van der Waals surface area contributed by atoms with E-state index in [-0.39, 0.29) is 17.4 Å². The van der Waals surface area contributed by atoms with Crippen LogP contribution in [0.15, 0.2) is 85.2 Å². The average Bonchev–Trinajstić information content (AvgIpc) is 3.54. The topological polar surface area (TPSA) is 92.3 Å². The van der Waals surface area contributed by atoms with Crippen LogP contribution in [0.4, 0.5) is 5.69 Å². The van der Waals surface area contributed by atoms with E-state index in [0.717, 1.165) is 67.3 Å². The van der Waals surface area contributed by atoms with Gasteiger partial charge < -0.3 is 10.0 Å². The number of benzene rings is 3. The minimum atomic E-state index is -0.965. The lowest BCUT2D eigenvalue weighted by Crippen LogP contribution is -2.31. The molecule has 1 N–H and O–H groups in total. The molecule has 1 saturated carbocycles. The Morgan fingerprint density at radius 2 is 1.79 bits per heavy atom. The van der Waals surface area contributed by atoms with Crippen molar-refractivity contribution in [1.82, 2.24) is 29.7 Å². The second-order valence-corrected chi connectivity index (χ2v) is 11.6. The van der Waals surface area contributed by atoms with Crippen LogP contribution in [-0.2, 0) is 20.1 Å². The van der Waals surface area contributed by atoms with Gasteiger partial charge in [-0.25, -0.2) is 9.48 Å². The van der Waals surface area contributed by atoms with Gasteiger partial charge in [0.1, 0.15) is 5.56 Å². The Kier molecular flexibility index (Phi) is 7.02. The SMILES string of the molecule is CCN1CCN(Cc2cccc(-c3cccc(-n4ncc(C(=O)O)c4[C@@H]4C[C@H]4c4cn(C)nn4)c3)c2)Cc2ccccc21. The summed E-state index contributed by atoms with van der Waals surface area (Å²) >= 11 is 0. The van der Waals surface area contributed by atoms with E-state index in [4.69, 9.17) is 0 Å². The lowest BCUT2D eigenvalue weighted by Gasteiger charge is -2.23. The lowest BCUT2D eigenvalue weighted by atomic mass is 10.0. The van der Waals surface area contributed by atoms with Gasteiger partial charge >= 0.3 is 5.97 Å². The highest BCUT2D eigenvalue weighted by Crippen LogP contribution is 2.55. The number of carbonyl (C=O) groups is 1. The molecule has 9 nitrogen and oxygen atoms in total. The zero-order chi connectivity index (χ0) is 29.5. The molecule has 2 atom stereocenters. The van der Waals surface area contributed by atoms with E-state index in [1.165, 1.54) is 23.0 Å². The van der Waals surface area contributed by atoms with E-state index in [1.54, 1.807) is 9.36 Å². The molecule has 5 aromatic rings. The summed E-state index contributed by atoms with van der Waals surface area (Å²) in [6.07, 6.45) is 4.20. The highest BCUT2D eigenvalue weighted by molar-refractivity contribution is 5.89. The van der Waals surface area contributed by atoms with Crippen molar-refractivity contribution in [3.63, 3.8) is 0 Å². The van der Waals surface area contributed by atoms with Crippen LogP contribution in [0, 0.1) is 0 Å². The van der Waals surface area contributed by atoms with Crippen LogP contribution < -0.4 is 4.90 Å². The highest BCUT2D eigenvalue weighted by atomic mass is 16.4. The van der Waals surface area contributed by atoms with Gasteiger partial charge in [0.15, 0.2) is 0 Å². The van der Waals surface area contributed by atoms with Crippen molar-refractivity contribution >= 4 is 11.7 Å². The monoisotopic (exact) mass is 573 g/mol. The molecule has 1 fully saturated rings. The molecule has 0 spiro atoms. The fourth-order valence-electron chi connectivity index (χ4n) is 6.49. The maximum Gasteiger partial charge on any atom is 0.339 e. The number of carboxylic acid groups (broad SMARTS) is 1. The fraction of sp³-hybridized carbons (Fsp3) is 0.294. The summed E-state index contributed by atoms with van der Waals surface area (Å²) in [5.41, 5.74) is 8.87. The third-order valence-corrected chi connectivity index (χ3v) is 8.73. The molecular formula is C34H35N7O2. The summed E-state index contributed by atoms with van der Waals surface area (Å²) in [5.74, 6) is -0.801. The number of nitrogens with zero attached hydrogens (tertiary/aromatic N) is 7. The van der Waals surface area contributed by atoms with Crippen molar-refractivity contribution in [2.24, 2.45) is 7.05 Å². The number of para-hydroxylation sites is 1. The second-order valence-electron chi connectivity index (χ2n) is 11.6. The first kappa shape index (κ1) is 27.1. The van der Waals surface area contributed by atoms with Crippen LogP contribution in [0.25, 0.3) is 16.8 Å². The van der Waals surface area contributed by atoms with Crippen molar-refractivity contribution < 1.29 is 9.90 Å². The highest BCUT2D eigenvalue weighted by Gasteiger charge is 2.46. The van der Waals surface area contributed by atoms with Crippen molar-refractivity contribution in [3.8, 4) is 16.8 Å². The maximum atomic E-state index is 12.2. The Morgan fingerprint density at radius 3 is 2.58 bits per heavy atom. The van der Waals surface area contributed by atoms with Crippen LogP contribution in [0.1, 0.15) is 58.1 Å². The first-order chi connectivity index (χ1) is 21.0. The summed E-state index contributed by atoms with van der Waals surface area (Å²) in [4.78, 5) is 17.2. The Bertz CT molecular complexity index is 1790. The number of likely N-dealkylation sites (N-methyl/N-ethyl adjacent to an activating group) is 1. The molecule has 7 rings (SSSR count). The van der Waals surface area contributed by atoms with Crippen LogP contribution in [0.2, 0.25) is 0 Å². The quantitative estimate of drug-likeness (QED) is 0.263. The van der Waals surface area contributed by atoms with E-state index < -0.39 is 5.97 Å². The largest absolute Gasteiger partial charge is 0.478 e. The van der Waals surface area contributed by atoms with Crippen molar-refractivity contribution in [2.45, 2.75) is 38.3 Å². The summed E-state index contributed by atoms with van der Waals surface area (Å²) < 4.78 is 3.48. The molecule has 0 radical (unpaired) electrons. The standard InChI is InChI=1S/C34H35N7O2/c1-3-40-15-14-39(21-26-9-4-5-13-32(26)40)20-23-8-6-10-24(16-23)25-11-7-12-27(17-25)41-33(30(19-35-41)34(42)43)29-18-28(29)31-22-38(2)37-36-31/h4-13,16-17,19,22,28-29H,3,14-15,18,20-21H2,1-2H3,(H,42,43)/t28-,29-/m1/s1. The zero-order valence-electron chi connectivity index (χ0n) is 24.5. The number of anilines is 1. The first-order valence-electron chi connectivity index (χ1n) is 14.9. The molecule has 3 heterocycles. The molecule has 2 aliphatic rings. The van der Waals surface area contributed by atoms with E-state index in [0.29, 0.717) is 0 Å².